The summed E-state index contributed by atoms with van der Waals surface area (Å²) in [6, 6.07) is 18.4. The highest BCUT2D eigenvalue weighted by molar-refractivity contribution is 14.0. The molecular weight excluding hydrogens is 451 g/mol. The fourth-order valence-corrected chi connectivity index (χ4v) is 2.69. The number of aryl methyl sites for hydroxylation is 1. The highest BCUT2D eigenvalue weighted by Crippen LogP contribution is 2.08. The van der Waals surface area contributed by atoms with Gasteiger partial charge in [0.05, 0.1) is 6.54 Å². The summed E-state index contributed by atoms with van der Waals surface area (Å²) < 4.78 is 0. The van der Waals surface area contributed by atoms with Crippen molar-refractivity contribution in [3.63, 3.8) is 0 Å². The van der Waals surface area contributed by atoms with Crippen molar-refractivity contribution in [2.45, 2.75) is 26.3 Å². The molecule has 0 fully saturated rings. The van der Waals surface area contributed by atoms with Crippen molar-refractivity contribution in [2.24, 2.45) is 4.99 Å². The maximum absolute atomic E-state index is 12.0. The van der Waals surface area contributed by atoms with Crippen LogP contribution in [0.3, 0.4) is 0 Å². The summed E-state index contributed by atoms with van der Waals surface area (Å²) in [5.41, 5.74) is 3.77. The Bertz CT molecular complexity index is 719. The fraction of sp³-hybridized carbons (Fsp3) is 0.333. The second kappa shape index (κ2) is 13.1. The summed E-state index contributed by atoms with van der Waals surface area (Å²) in [7, 11) is 1.70. The van der Waals surface area contributed by atoms with E-state index in [9.17, 15) is 4.79 Å². The lowest BCUT2D eigenvalue weighted by Gasteiger charge is -2.14. The first kappa shape index (κ1) is 23.0. The summed E-state index contributed by atoms with van der Waals surface area (Å²) in [5, 5.41) is 9.23. The SMILES string of the molecule is CCc1ccccc1CNC(=NC)NCC(=O)NCCc1ccccc1.I. The number of halogens is 1. The number of aliphatic imine (C=N–C) groups is 1. The van der Waals surface area contributed by atoms with Gasteiger partial charge in [0.1, 0.15) is 0 Å². The maximum atomic E-state index is 12.0. The minimum absolute atomic E-state index is 0. The highest BCUT2D eigenvalue weighted by atomic mass is 127. The van der Waals surface area contributed by atoms with Gasteiger partial charge in [-0.1, -0.05) is 61.5 Å². The Balaban J connectivity index is 0.00000364. The van der Waals surface area contributed by atoms with Gasteiger partial charge >= 0.3 is 0 Å². The van der Waals surface area contributed by atoms with Gasteiger partial charge in [0, 0.05) is 20.1 Å². The first-order valence-electron chi connectivity index (χ1n) is 9.04. The first-order chi connectivity index (χ1) is 12.7. The Kier molecular flexibility index (Phi) is 11.2. The molecule has 0 atom stereocenters. The summed E-state index contributed by atoms with van der Waals surface area (Å²) >= 11 is 0. The molecule has 0 aliphatic heterocycles. The molecule has 1 amide bonds. The largest absolute Gasteiger partial charge is 0.354 e. The van der Waals surface area contributed by atoms with E-state index < -0.39 is 0 Å². The molecule has 0 unspecified atom stereocenters. The number of nitrogens with zero attached hydrogens (tertiary/aromatic N) is 1. The van der Waals surface area contributed by atoms with Crippen molar-refractivity contribution in [1.82, 2.24) is 16.0 Å². The predicted molar refractivity (Wildman–Crippen MR) is 123 cm³/mol. The quantitative estimate of drug-likeness (QED) is 0.309. The van der Waals surface area contributed by atoms with E-state index in [2.05, 4.69) is 58.2 Å². The number of nitrogens with one attached hydrogen (secondary N) is 3. The van der Waals surface area contributed by atoms with Crippen LogP contribution in [0.4, 0.5) is 0 Å². The van der Waals surface area contributed by atoms with Crippen LogP contribution < -0.4 is 16.0 Å². The van der Waals surface area contributed by atoms with E-state index in [-0.39, 0.29) is 36.4 Å². The van der Waals surface area contributed by atoms with Crippen molar-refractivity contribution in [2.75, 3.05) is 20.1 Å². The van der Waals surface area contributed by atoms with Crippen LogP contribution in [0.2, 0.25) is 0 Å². The van der Waals surface area contributed by atoms with Crippen molar-refractivity contribution in [3.05, 3.63) is 71.3 Å². The Morgan fingerprint density at radius 1 is 0.926 bits per heavy atom. The minimum atomic E-state index is -0.0437. The van der Waals surface area contributed by atoms with E-state index in [0.717, 1.165) is 12.8 Å². The van der Waals surface area contributed by atoms with Crippen LogP contribution in [-0.4, -0.2) is 32.0 Å². The molecule has 0 aliphatic carbocycles. The summed E-state index contributed by atoms with van der Waals surface area (Å²) in [5.74, 6) is 0.576. The Morgan fingerprint density at radius 2 is 1.59 bits per heavy atom. The van der Waals surface area contributed by atoms with E-state index in [4.69, 9.17) is 0 Å². The van der Waals surface area contributed by atoms with Crippen LogP contribution in [0.5, 0.6) is 0 Å². The van der Waals surface area contributed by atoms with E-state index in [1.165, 1.54) is 16.7 Å². The summed E-state index contributed by atoms with van der Waals surface area (Å²) in [6.45, 7) is 3.65. The van der Waals surface area contributed by atoms with Gasteiger partial charge in [-0.25, -0.2) is 0 Å². The van der Waals surface area contributed by atoms with Gasteiger partial charge < -0.3 is 16.0 Å². The zero-order chi connectivity index (χ0) is 18.6. The Labute approximate surface area is 179 Å². The lowest BCUT2D eigenvalue weighted by atomic mass is 10.1. The molecule has 2 rings (SSSR count). The van der Waals surface area contributed by atoms with Gasteiger partial charge in [-0.15, -0.1) is 24.0 Å². The van der Waals surface area contributed by atoms with Crippen molar-refractivity contribution >= 4 is 35.8 Å². The second-order valence-corrected chi connectivity index (χ2v) is 5.99. The van der Waals surface area contributed by atoms with Crippen LogP contribution in [0, 0.1) is 0 Å². The van der Waals surface area contributed by atoms with Crippen LogP contribution in [0.1, 0.15) is 23.6 Å². The molecule has 0 bridgehead atoms. The third-order valence-electron chi connectivity index (χ3n) is 4.16. The molecular formula is C21H29IN4O. The number of benzene rings is 2. The van der Waals surface area contributed by atoms with E-state index in [0.29, 0.717) is 19.0 Å². The Morgan fingerprint density at radius 3 is 2.26 bits per heavy atom. The normalized spacial score (nSPS) is 10.7. The molecule has 0 heterocycles. The average molecular weight is 480 g/mol. The van der Waals surface area contributed by atoms with E-state index in [1.54, 1.807) is 7.05 Å². The van der Waals surface area contributed by atoms with Crippen molar-refractivity contribution in [1.29, 1.82) is 0 Å². The third kappa shape index (κ3) is 8.43. The predicted octanol–water partition coefficient (Wildman–Crippen LogP) is 2.89. The molecule has 0 radical (unpaired) electrons. The van der Waals surface area contributed by atoms with Crippen LogP contribution in [-0.2, 0) is 24.2 Å². The number of hydrogen-bond acceptors (Lipinski definition) is 2. The molecule has 5 nitrogen and oxygen atoms in total. The van der Waals surface area contributed by atoms with Gasteiger partial charge in [0.2, 0.25) is 5.91 Å². The molecule has 0 saturated heterocycles. The molecule has 0 aliphatic rings. The Hall–Kier alpha value is -2.09. The van der Waals surface area contributed by atoms with Gasteiger partial charge in [-0.05, 0) is 29.5 Å². The van der Waals surface area contributed by atoms with Crippen molar-refractivity contribution < 1.29 is 4.79 Å². The second-order valence-electron chi connectivity index (χ2n) is 5.99. The molecule has 0 spiro atoms. The number of hydrogen-bond donors (Lipinski definition) is 3. The lowest BCUT2D eigenvalue weighted by Crippen LogP contribution is -2.43. The molecule has 2 aromatic rings. The van der Waals surface area contributed by atoms with Gasteiger partial charge in [-0.2, -0.15) is 0 Å². The molecule has 27 heavy (non-hydrogen) atoms. The minimum Gasteiger partial charge on any atom is -0.354 e. The van der Waals surface area contributed by atoms with Gasteiger partial charge in [0.15, 0.2) is 5.96 Å². The topological polar surface area (TPSA) is 65.5 Å². The molecule has 0 aromatic heterocycles. The molecule has 6 heteroatoms. The monoisotopic (exact) mass is 480 g/mol. The molecule has 2 aromatic carbocycles. The van der Waals surface area contributed by atoms with Crippen molar-refractivity contribution in [3.8, 4) is 0 Å². The molecule has 146 valence electrons. The smallest absolute Gasteiger partial charge is 0.239 e. The first-order valence-corrected chi connectivity index (χ1v) is 9.04. The fourth-order valence-electron chi connectivity index (χ4n) is 2.69. The lowest BCUT2D eigenvalue weighted by molar-refractivity contribution is -0.119. The molecule has 3 N–H and O–H groups in total. The number of carbonyl (C=O) groups is 1. The van der Waals surface area contributed by atoms with E-state index >= 15 is 0 Å². The van der Waals surface area contributed by atoms with Crippen LogP contribution in [0.25, 0.3) is 0 Å². The number of amides is 1. The number of rotatable bonds is 8. The standard InChI is InChI=1S/C21H28N4O.HI/c1-3-18-11-7-8-12-19(18)15-24-21(22-2)25-16-20(26)23-14-13-17-9-5-4-6-10-17;/h4-12H,3,13-16H2,1-2H3,(H,23,26)(H2,22,24,25);1H. The maximum Gasteiger partial charge on any atom is 0.239 e. The van der Waals surface area contributed by atoms with Gasteiger partial charge in [0.25, 0.3) is 0 Å². The number of guanidine groups is 1. The summed E-state index contributed by atoms with van der Waals surface area (Å²) in [6.07, 6.45) is 1.82. The van der Waals surface area contributed by atoms with Crippen LogP contribution in [0.15, 0.2) is 59.6 Å². The average Bonchev–Trinajstić information content (AvgIpc) is 2.69. The third-order valence-corrected chi connectivity index (χ3v) is 4.16. The van der Waals surface area contributed by atoms with E-state index in [1.807, 2.05) is 24.3 Å². The molecule has 0 saturated carbocycles. The summed E-state index contributed by atoms with van der Waals surface area (Å²) in [4.78, 5) is 16.1. The highest BCUT2D eigenvalue weighted by Gasteiger charge is 2.05. The van der Waals surface area contributed by atoms with Gasteiger partial charge in [-0.3, -0.25) is 9.79 Å². The zero-order valence-electron chi connectivity index (χ0n) is 16.0. The zero-order valence-corrected chi connectivity index (χ0v) is 18.3. The number of carbonyl (C=O) groups excluding carboxylic acids is 1. The van der Waals surface area contributed by atoms with Crippen LogP contribution >= 0.6 is 24.0 Å².